The zero-order chi connectivity index (χ0) is 26.2. The fraction of sp³-hybridized carbons (Fsp3) is 0.448. The zero-order valence-electron chi connectivity index (χ0n) is 21.7. The third-order valence-electron chi connectivity index (χ3n) is 6.86. The number of morpholine rings is 1. The number of carbonyl (C=O) groups is 2. The van der Waals surface area contributed by atoms with E-state index in [-0.39, 0.29) is 11.3 Å². The van der Waals surface area contributed by atoms with Crippen molar-refractivity contribution >= 4 is 17.4 Å². The second-order valence-corrected chi connectivity index (χ2v) is 9.30. The van der Waals surface area contributed by atoms with E-state index in [0.29, 0.717) is 44.2 Å². The first-order chi connectivity index (χ1) is 18.0. The molecule has 2 fully saturated rings. The molecule has 0 aliphatic carbocycles. The number of Topliss-reactive ketones (excluding diaryl/α,β-unsaturated/α-hetero) is 1. The van der Waals surface area contributed by atoms with Gasteiger partial charge in [0.25, 0.3) is 11.7 Å². The number of aliphatic hydroxyl groups excluding tert-OH is 1. The van der Waals surface area contributed by atoms with Gasteiger partial charge in [-0.15, -0.1) is 0 Å². The van der Waals surface area contributed by atoms with Gasteiger partial charge in [0.15, 0.2) is 0 Å². The highest BCUT2D eigenvalue weighted by molar-refractivity contribution is 6.46. The van der Waals surface area contributed by atoms with Gasteiger partial charge in [-0.2, -0.15) is 0 Å². The van der Waals surface area contributed by atoms with Crippen molar-refractivity contribution in [1.29, 1.82) is 0 Å². The topological polar surface area (TPSA) is 88.5 Å². The second-order valence-electron chi connectivity index (χ2n) is 9.30. The maximum Gasteiger partial charge on any atom is 0.295 e. The van der Waals surface area contributed by atoms with Crippen LogP contribution in [0.1, 0.15) is 43.4 Å². The molecule has 2 aromatic carbocycles. The van der Waals surface area contributed by atoms with Crippen molar-refractivity contribution in [3.63, 3.8) is 0 Å². The molecule has 4 rings (SSSR count). The van der Waals surface area contributed by atoms with E-state index >= 15 is 0 Å². The number of methoxy groups -OCH3 is 1. The summed E-state index contributed by atoms with van der Waals surface area (Å²) in [4.78, 5) is 30.3. The molecule has 37 heavy (non-hydrogen) atoms. The number of unbranched alkanes of at least 4 members (excludes halogenated alkanes) is 2. The van der Waals surface area contributed by atoms with Gasteiger partial charge in [0.2, 0.25) is 0 Å². The first kappa shape index (κ1) is 26.7. The third-order valence-corrected chi connectivity index (χ3v) is 6.86. The van der Waals surface area contributed by atoms with Crippen LogP contribution in [-0.2, 0) is 14.3 Å². The van der Waals surface area contributed by atoms with Crippen molar-refractivity contribution in [1.82, 2.24) is 9.80 Å². The summed E-state index contributed by atoms with van der Waals surface area (Å²) in [5, 5.41) is 11.3. The lowest BCUT2D eigenvalue weighted by Crippen LogP contribution is -2.42. The Morgan fingerprint density at radius 1 is 1.03 bits per heavy atom. The fourth-order valence-electron chi connectivity index (χ4n) is 4.75. The number of amides is 1. The van der Waals surface area contributed by atoms with Gasteiger partial charge in [0.05, 0.1) is 38.5 Å². The molecule has 1 amide bonds. The van der Waals surface area contributed by atoms with Gasteiger partial charge in [-0.25, -0.2) is 0 Å². The van der Waals surface area contributed by atoms with Crippen LogP contribution in [0.3, 0.4) is 0 Å². The minimum Gasteiger partial charge on any atom is -0.507 e. The number of nitrogens with zero attached hydrogens (tertiary/aromatic N) is 2. The van der Waals surface area contributed by atoms with Gasteiger partial charge in [-0.1, -0.05) is 44.0 Å². The maximum atomic E-state index is 13.3. The summed E-state index contributed by atoms with van der Waals surface area (Å²) in [7, 11) is 1.54. The van der Waals surface area contributed by atoms with Gasteiger partial charge in [-0.05, 0) is 36.2 Å². The minimum atomic E-state index is -0.707. The van der Waals surface area contributed by atoms with Crippen LogP contribution in [-0.4, -0.2) is 79.7 Å². The predicted molar refractivity (Wildman–Crippen MR) is 141 cm³/mol. The average molecular weight is 509 g/mol. The van der Waals surface area contributed by atoms with Crippen LogP contribution in [0.4, 0.5) is 0 Å². The van der Waals surface area contributed by atoms with E-state index < -0.39 is 17.7 Å². The lowest BCUT2D eigenvalue weighted by atomic mass is 9.95. The van der Waals surface area contributed by atoms with E-state index in [2.05, 4.69) is 11.8 Å². The number of hydrogen-bond acceptors (Lipinski definition) is 7. The summed E-state index contributed by atoms with van der Waals surface area (Å²) < 4.78 is 16.6. The Hall–Kier alpha value is -3.36. The van der Waals surface area contributed by atoms with Crippen molar-refractivity contribution in [2.75, 3.05) is 53.1 Å². The Morgan fingerprint density at radius 3 is 2.49 bits per heavy atom. The van der Waals surface area contributed by atoms with Gasteiger partial charge in [0.1, 0.15) is 17.3 Å². The number of hydrogen-bond donors (Lipinski definition) is 1. The molecule has 0 saturated carbocycles. The van der Waals surface area contributed by atoms with Crippen molar-refractivity contribution in [2.45, 2.75) is 32.2 Å². The summed E-state index contributed by atoms with van der Waals surface area (Å²) >= 11 is 0. The molecule has 0 aromatic heterocycles. The van der Waals surface area contributed by atoms with Crippen LogP contribution in [0, 0.1) is 0 Å². The van der Waals surface area contributed by atoms with E-state index in [1.165, 1.54) is 7.11 Å². The normalized spacial score (nSPS) is 19.8. The van der Waals surface area contributed by atoms with E-state index in [1.54, 1.807) is 29.2 Å². The summed E-state index contributed by atoms with van der Waals surface area (Å²) in [6.45, 7) is 6.63. The number of carbonyl (C=O) groups excluding carboxylic acids is 2. The number of likely N-dealkylation sites (tertiary alicyclic amines) is 1. The molecule has 2 aliphatic heterocycles. The Balaban J connectivity index is 1.66. The standard InChI is InChI=1S/C29H36N2O6/c1-3-4-5-17-37-23-11-9-21(10-12-23)26-25(27(32)22-7-6-8-24(20-22)35-2)28(33)29(34)31(26)14-13-30-15-18-36-19-16-30/h6-12,20,26,32H,3-5,13-19H2,1-2H3. The first-order valence-electron chi connectivity index (χ1n) is 13.0. The average Bonchev–Trinajstić information content (AvgIpc) is 3.19. The highest BCUT2D eigenvalue weighted by atomic mass is 16.5. The highest BCUT2D eigenvalue weighted by Crippen LogP contribution is 2.40. The molecule has 2 aromatic rings. The molecular formula is C29H36N2O6. The lowest BCUT2D eigenvalue weighted by Gasteiger charge is -2.31. The van der Waals surface area contributed by atoms with Crippen LogP contribution in [0.15, 0.2) is 54.1 Å². The maximum absolute atomic E-state index is 13.3. The molecule has 0 radical (unpaired) electrons. The summed E-state index contributed by atoms with van der Waals surface area (Å²) in [5.74, 6) is -0.226. The second kappa shape index (κ2) is 12.7. The van der Waals surface area contributed by atoms with Crippen LogP contribution < -0.4 is 9.47 Å². The Morgan fingerprint density at radius 2 is 1.78 bits per heavy atom. The Kier molecular flexibility index (Phi) is 9.19. The molecule has 2 aliphatic rings. The monoisotopic (exact) mass is 508 g/mol. The minimum absolute atomic E-state index is 0.0804. The number of ketones is 1. The quantitative estimate of drug-likeness (QED) is 0.212. The molecule has 8 heteroatoms. The molecule has 0 bridgehead atoms. The van der Waals surface area contributed by atoms with Crippen LogP contribution in [0.25, 0.3) is 5.76 Å². The van der Waals surface area contributed by atoms with Gasteiger partial charge in [0, 0.05) is 31.7 Å². The summed E-state index contributed by atoms with van der Waals surface area (Å²) in [6, 6.07) is 13.6. The number of ether oxygens (including phenoxy) is 3. The smallest absolute Gasteiger partial charge is 0.295 e. The van der Waals surface area contributed by atoms with E-state index in [4.69, 9.17) is 14.2 Å². The van der Waals surface area contributed by atoms with Crippen molar-refractivity contribution in [2.24, 2.45) is 0 Å². The fourth-order valence-corrected chi connectivity index (χ4v) is 4.75. The lowest BCUT2D eigenvalue weighted by molar-refractivity contribution is -0.140. The van der Waals surface area contributed by atoms with Gasteiger partial charge in [-0.3, -0.25) is 14.5 Å². The number of rotatable bonds is 11. The van der Waals surface area contributed by atoms with E-state index in [9.17, 15) is 14.7 Å². The van der Waals surface area contributed by atoms with E-state index in [0.717, 1.165) is 43.7 Å². The largest absolute Gasteiger partial charge is 0.507 e. The van der Waals surface area contributed by atoms with Crippen molar-refractivity contribution in [3.8, 4) is 11.5 Å². The molecular weight excluding hydrogens is 472 g/mol. The Bertz CT molecular complexity index is 1110. The van der Waals surface area contributed by atoms with Crippen LogP contribution >= 0.6 is 0 Å². The summed E-state index contributed by atoms with van der Waals surface area (Å²) in [5.41, 5.74) is 1.25. The van der Waals surface area contributed by atoms with Gasteiger partial charge >= 0.3 is 0 Å². The van der Waals surface area contributed by atoms with Crippen molar-refractivity contribution in [3.05, 3.63) is 65.2 Å². The predicted octanol–water partition coefficient (Wildman–Crippen LogP) is 4.02. The molecule has 1 unspecified atom stereocenters. The van der Waals surface area contributed by atoms with Crippen LogP contribution in [0.2, 0.25) is 0 Å². The summed E-state index contributed by atoms with van der Waals surface area (Å²) in [6.07, 6.45) is 3.22. The molecule has 2 saturated heterocycles. The highest BCUT2D eigenvalue weighted by Gasteiger charge is 2.46. The molecule has 2 heterocycles. The Labute approximate surface area is 218 Å². The van der Waals surface area contributed by atoms with Crippen molar-refractivity contribution < 1.29 is 28.9 Å². The molecule has 1 atom stereocenters. The zero-order valence-corrected chi connectivity index (χ0v) is 21.7. The van der Waals surface area contributed by atoms with E-state index in [1.807, 2.05) is 24.3 Å². The number of benzene rings is 2. The first-order valence-corrected chi connectivity index (χ1v) is 13.0. The molecule has 8 nitrogen and oxygen atoms in total. The molecule has 1 N–H and O–H groups in total. The SMILES string of the molecule is CCCCCOc1ccc(C2C(=C(O)c3cccc(OC)c3)C(=O)C(=O)N2CCN2CCOCC2)cc1. The number of aliphatic hydroxyl groups is 1. The molecule has 0 spiro atoms. The molecule has 198 valence electrons. The van der Waals surface area contributed by atoms with Gasteiger partial charge < -0.3 is 24.2 Å². The van der Waals surface area contributed by atoms with Crippen LogP contribution in [0.5, 0.6) is 11.5 Å². The third kappa shape index (κ3) is 6.32.